The van der Waals surface area contributed by atoms with Gasteiger partial charge in [-0.15, -0.1) is 23.1 Å². The lowest BCUT2D eigenvalue weighted by Crippen LogP contribution is -2.30. The molecule has 1 saturated heterocycles. The Hall–Kier alpha value is -0.580. The average Bonchev–Trinajstić information content (AvgIpc) is 3.08. The third-order valence-electron chi connectivity index (χ3n) is 3.45. The molecule has 0 aliphatic carbocycles. The third-order valence-corrected chi connectivity index (χ3v) is 7.63. The predicted octanol–water partition coefficient (Wildman–Crippen LogP) is 4.84. The number of hydrogen-bond donors (Lipinski definition) is 1. The Labute approximate surface area is 119 Å². The summed E-state index contributed by atoms with van der Waals surface area (Å²) >= 11 is 6.00. The Balaban J connectivity index is 1.59. The molecule has 18 heavy (non-hydrogen) atoms. The van der Waals surface area contributed by atoms with Gasteiger partial charge in [-0.3, -0.25) is 0 Å². The zero-order valence-corrected chi connectivity index (χ0v) is 12.2. The minimum Gasteiger partial charge on any atom is -0.369 e. The molecule has 1 N–H and O–H groups in total. The Morgan fingerprint density at radius 2 is 2.11 bits per heavy atom. The number of benzene rings is 1. The molecular formula is C14H13NS3. The zero-order chi connectivity index (χ0) is 12.0. The van der Waals surface area contributed by atoms with Crippen molar-refractivity contribution in [3.63, 3.8) is 0 Å². The number of fused-ring (bicyclic) bond motifs is 1. The van der Waals surface area contributed by atoms with Crippen LogP contribution in [0, 0.1) is 0 Å². The van der Waals surface area contributed by atoms with Crippen LogP contribution < -0.4 is 5.32 Å². The minimum absolute atomic E-state index is 0.225. The summed E-state index contributed by atoms with van der Waals surface area (Å²) in [6.07, 6.45) is 1.22. The molecule has 0 bridgehead atoms. The van der Waals surface area contributed by atoms with E-state index < -0.39 is 0 Å². The van der Waals surface area contributed by atoms with Gasteiger partial charge in [0.2, 0.25) is 0 Å². The second kappa shape index (κ2) is 4.22. The lowest BCUT2D eigenvalue weighted by atomic mass is 10.1. The Kier molecular flexibility index (Phi) is 2.64. The summed E-state index contributed by atoms with van der Waals surface area (Å²) in [6.45, 7) is 0. The molecule has 1 nitrogen and oxygen atoms in total. The van der Waals surface area contributed by atoms with E-state index >= 15 is 0 Å². The third kappa shape index (κ3) is 1.78. The molecule has 2 aliphatic rings. The molecular weight excluding hydrogens is 278 g/mol. The highest BCUT2D eigenvalue weighted by Crippen LogP contribution is 2.58. The largest absolute Gasteiger partial charge is 0.369 e. The fourth-order valence-corrected chi connectivity index (χ4v) is 6.74. The lowest BCUT2D eigenvalue weighted by molar-refractivity contribution is 0.701. The number of nitrogens with one attached hydrogen (secondary N) is 1. The molecule has 2 aliphatic heterocycles. The fourth-order valence-electron chi connectivity index (χ4n) is 2.61. The molecule has 1 fully saturated rings. The topological polar surface area (TPSA) is 12.0 Å². The van der Waals surface area contributed by atoms with Crippen LogP contribution in [0.25, 0.3) is 0 Å². The zero-order valence-electron chi connectivity index (χ0n) is 9.76. The van der Waals surface area contributed by atoms with Gasteiger partial charge < -0.3 is 5.32 Å². The summed E-state index contributed by atoms with van der Waals surface area (Å²) in [4.78, 5) is 3.16. The number of para-hydroxylation sites is 1. The normalized spacial score (nSPS) is 29.4. The van der Waals surface area contributed by atoms with E-state index in [1.165, 1.54) is 27.6 Å². The molecule has 4 rings (SSSR count). The Morgan fingerprint density at radius 3 is 2.94 bits per heavy atom. The molecule has 2 aromatic rings. The fraction of sp³-hybridized carbons (Fsp3) is 0.286. The van der Waals surface area contributed by atoms with Crippen LogP contribution >= 0.6 is 34.9 Å². The molecule has 1 aromatic carbocycles. The van der Waals surface area contributed by atoms with E-state index in [0.717, 1.165) is 0 Å². The molecule has 3 heterocycles. The van der Waals surface area contributed by atoms with Crippen molar-refractivity contribution >= 4 is 40.5 Å². The van der Waals surface area contributed by atoms with Crippen molar-refractivity contribution in [2.24, 2.45) is 0 Å². The molecule has 0 radical (unpaired) electrons. The first-order valence-electron chi connectivity index (χ1n) is 6.06. The van der Waals surface area contributed by atoms with Crippen molar-refractivity contribution in [1.29, 1.82) is 0 Å². The maximum absolute atomic E-state index is 3.75. The first-order valence-corrected chi connectivity index (χ1v) is 8.80. The summed E-state index contributed by atoms with van der Waals surface area (Å²) in [7, 11) is 0. The van der Waals surface area contributed by atoms with Gasteiger partial charge in [-0.2, -0.15) is 0 Å². The Bertz CT molecular complexity index is 539. The van der Waals surface area contributed by atoms with Crippen molar-refractivity contribution in [3.8, 4) is 0 Å². The summed E-state index contributed by atoms with van der Waals surface area (Å²) in [6, 6.07) is 13.1. The lowest BCUT2D eigenvalue weighted by Gasteiger charge is -2.22. The summed E-state index contributed by atoms with van der Waals surface area (Å²) in [5.74, 6) is 1.19. The quantitative estimate of drug-likeness (QED) is 0.807. The second-order valence-corrected chi connectivity index (χ2v) is 8.33. The van der Waals surface area contributed by atoms with E-state index in [9.17, 15) is 0 Å². The van der Waals surface area contributed by atoms with Crippen LogP contribution in [0.1, 0.15) is 16.5 Å². The maximum atomic E-state index is 3.75. The van der Waals surface area contributed by atoms with Crippen molar-refractivity contribution in [2.45, 2.75) is 21.4 Å². The minimum atomic E-state index is 0.225. The van der Waals surface area contributed by atoms with Gasteiger partial charge in [0.1, 0.15) is 0 Å². The van der Waals surface area contributed by atoms with E-state index in [0.29, 0.717) is 5.25 Å². The van der Waals surface area contributed by atoms with Gasteiger partial charge in [0, 0.05) is 26.5 Å². The maximum Gasteiger partial charge on any atom is 0.0986 e. The van der Waals surface area contributed by atoms with Crippen LogP contribution in [-0.2, 0) is 0 Å². The van der Waals surface area contributed by atoms with Gasteiger partial charge in [0.05, 0.1) is 4.87 Å². The van der Waals surface area contributed by atoms with Gasteiger partial charge >= 0.3 is 0 Å². The van der Waals surface area contributed by atoms with Crippen LogP contribution in [0.5, 0.6) is 0 Å². The van der Waals surface area contributed by atoms with Crippen LogP contribution in [0.2, 0.25) is 0 Å². The number of hydrogen-bond acceptors (Lipinski definition) is 4. The number of thiophene rings is 1. The predicted molar refractivity (Wildman–Crippen MR) is 82.8 cm³/mol. The summed E-state index contributed by atoms with van der Waals surface area (Å²) in [5.41, 5.74) is 1.31. The van der Waals surface area contributed by atoms with E-state index in [1.54, 1.807) is 0 Å². The van der Waals surface area contributed by atoms with E-state index in [1.807, 2.05) is 23.1 Å². The van der Waals surface area contributed by atoms with E-state index in [2.05, 4.69) is 58.9 Å². The first-order chi connectivity index (χ1) is 8.85. The van der Waals surface area contributed by atoms with Gasteiger partial charge in [-0.05, 0) is 30.0 Å². The van der Waals surface area contributed by atoms with Gasteiger partial charge in [-0.25, -0.2) is 0 Å². The molecule has 92 valence electrons. The van der Waals surface area contributed by atoms with Crippen molar-refractivity contribution < 1.29 is 0 Å². The highest BCUT2D eigenvalue weighted by atomic mass is 32.2. The second-order valence-electron chi connectivity index (χ2n) is 4.74. The number of rotatable bonds is 1. The highest BCUT2D eigenvalue weighted by Gasteiger charge is 2.45. The average molecular weight is 291 g/mol. The first kappa shape index (κ1) is 11.3. The molecule has 0 saturated carbocycles. The van der Waals surface area contributed by atoms with Crippen LogP contribution in [0.3, 0.4) is 0 Å². The SMILES string of the molecule is c1csc([C@@H]2C[C@]3(CS2)Nc2ccccc2S3)c1. The van der Waals surface area contributed by atoms with Crippen LogP contribution in [0.15, 0.2) is 46.7 Å². The van der Waals surface area contributed by atoms with Crippen LogP contribution in [-0.4, -0.2) is 10.6 Å². The van der Waals surface area contributed by atoms with Gasteiger partial charge in [-0.1, -0.05) is 30.0 Å². The van der Waals surface area contributed by atoms with Crippen molar-refractivity contribution in [2.75, 3.05) is 11.1 Å². The number of thioether (sulfide) groups is 2. The summed E-state index contributed by atoms with van der Waals surface area (Å²) in [5, 5.41) is 6.60. The van der Waals surface area contributed by atoms with Crippen LogP contribution in [0.4, 0.5) is 5.69 Å². The monoisotopic (exact) mass is 291 g/mol. The van der Waals surface area contributed by atoms with E-state index in [-0.39, 0.29) is 4.87 Å². The molecule has 1 aromatic heterocycles. The Morgan fingerprint density at radius 1 is 1.17 bits per heavy atom. The van der Waals surface area contributed by atoms with Crippen molar-refractivity contribution in [1.82, 2.24) is 0 Å². The molecule has 2 atom stereocenters. The highest BCUT2D eigenvalue weighted by molar-refractivity contribution is 8.05. The molecule has 0 amide bonds. The molecule has 0 unspecified atom stereocenters. The molecule has 1 spiro atoms. The van der Waals surface area contributed by atoms with Gasteiger partial charge in [0.15, 0.2) is 0 Å². The van der Waals surface area contributed by atoms with E-state index in [4.69, 9.17) is 0 Å². The molecule has 4 heteroatoms. The standard InChI is InChI=1S/C14H13NS3/c1-2-5-11-10(4-1)15-14(18-11)8-13(17-9-14)12-6-3-7-16-12/h1-7,13,15H,8-9H2/t13-,14-/m0/s1. The smallest absolute Gasteiger partial charge is 0.0986 e. The van der Waals surface area contributed by atoms with Gasteiger partial charge in [0.25, 0.3) is 0 Å². The number of anilines is 1. The summed E-state index contributed by atoms with van der Waals surface area (Å²) < 4.78 is 0. The van der Waals surface area contributed by atoms with Crippen molar-refractivity contribution in [3.05, 3.63) is 46.7 Å².